The van der Waals surface area contributed by atoms with Crippen LogP contribution in [0.25, 0.3) is 22.2 Å². The van der Waals surface area contributed by atoms with E-state index in [9.17, 15) is 4.39 Å². The Kier molecular flexibility index (Phi) is 3.09. The Morgan fingerprint density at radius 1 is 1.37 bits per heavy atom. The number of aromatic nitrogens is 3. The van der Waals surface area contributed by atoms with E-state index in [-0.39, 0.29) is 5.82 Å². The maximum atomic E-state index is 14.0. The van der Waals surface area contributed by atoms with Crippen LogP contribution in [0, 0.1) is 9.52 Å². The van der Waals surface area contributed by atoms with E-state index in [2.05, 4.69) is 37.8 Å². The molecule has 0 saturated heterocycles. The van der Waals surface area contributed by atoms with Gasteiger partial charge in [0.05, 0.1) is 30.1 Å². The molecule has 0 aliphatic carbocycles. The van der Waals surface area contributed by atoms with Crippen LogP contribution in [-0.4, -0.2) is 22.3 Å². The van der Waals surface area contributed by atoms with Gasteiger partial charge < -0.3 is 4.74 Å². The molecule has 2 heterocycles. The topological polar surface area (TPSA) is 50.8 Å². The average molecular weight is 369 g/mol. The summed E-state index contributed by atoms with van der Waals surface area (Å²) in [6.45, 7) is 0. The third-order valence-electron chi connectivity index (χ3n) is 2.85. The van der Waals surface area contributed by atoms with Crippen molar-refractivity contribution in [1.82, 2.24) is 15.2 Å². The van der Waals surface area contributed by atoms with Gasteiger partial charge in [0.25, 0.3) is 0 Å². The van der Waals surface area contributed by atoms with E-state index >= 15 is 0 Å². The summed E-state index contributed by atoms with van der Waals surface area (Å²) < 4.78 is 20.0. The maximum absolute atomic E-state index is 14.0. The highest BCUT2D eigenvalue weighted by molar-refractivity contribution is 14.1. The van der Waals surface area contributed by atoms with Gasteiger partial charge in [0, 0.05) is 5.39 Å². The van der Waals surface area contributed by atoms with E-state index in [1.165, 1.54) is 13.2 Å². The smallest absolute Gasteiger partial charge is 0.136 e. The summed E-state index contributed by atoms with van der Waals surface area (Å²) in [5.41, 5.74) is 1.72. The fourth-order valence-electron chi connectivity index (χ4n) is 1.94. The second-order valence-corrected chi connectivity index (χ2v) is 4.97. The van der Waals surface area contributed by atoms with Crippen molar-refractivity contribution in [3.63, 3.8) is 0 Å². The molecule has 6 heteroatoms. The second kappa shape index (κ2) is 4.76. The number of nitrogens with zero attached hydrogens (tertiary/aromatic N) is 2. The zero-order chi connectivity index (χ0) is 13.4. The molecule has 0 bridgehead atoms. The van der Waals surface area contributed by atoms with Crippen LogP contribution >= 0.6 is 22.6 Å². The summed E-state index contributed by atoms with van der Waals surface area (Å²) >= 11 is 2.12. The summed E-state index contributed by atoms with van der Waals surface area (Å²) in [6.07, 6.45) is 1.64. The first-order valence-corrected chi connectivity index (χ1v) is 6.61. The lowest BCUT2D eigenvalue weighted by molar-refractivity contribution is 0.413. The molecule has 0 fully saturated rings. The molecule has 96 valence electrons. The second-order valence-electron chi connectivity index (χ2n) is 3.95. The first kappa shape index (κ1) is 12.3. The van der Waals surface area contributed by atoms with Crippen LogP contribution in [-0.2, 0) is 0 Å². The summed E-state index contributed by atoms with van der Waals surface area (Å²) in [6, 6.07) is 6.52. The SMILES string of the molecule is COc1cccc(F)c1-c1cc2c(I)n[nH]c2cn1. The minimum absolute atomic E-state index is 0.357. The molecule has 1 N–H and O–H groups in total. The van der Waals surface area contributed by atoms with Crippen molar-refractivity contribution in [2.24, 2.45) is 0 Å². The van der Waals surface area contributed by atoms with Crippen LogP contribution in [0.5, 0.6) is 5.75 Å². The van der Waals surface area contributed by atoms with E-state index < -0.39 is 0 Å². The first-order valence-electron chi connectivity index (χ1n) is 5.53. The lowest BCUT2D eigenvalue weighted by atomic mass is 10.1. The number of H-pyrrole nitrogens is 1. The quantitative estimate of drug-likeness (QED) is 0.705. The van der Waals surface area contributed by atoms with E-state index in [1.54, 1.807) is 18.3 Å². The van der Waals surface area contributed by atoms with E-state index in [1.807, 2.05) is 6.07 Å². The molecule has 0 saturated carbocycles. The third kappa shape index (κ3) is 2.05. The van der Waals surface area contributed by atoms with Gasteiger partial charge in [0.1, 0.15) is 15.3 Å². The van der Waals surface area contributed by atoms with Crippen molar-refractivity contribution in [1.29, 1.82) is 0 Å². The predicted molar refractivity (Wildman–Crippen MR) is 78.6 cm³/mol. The van der Waals surface area contributed by atoms with Crippen LogP contribution in [0.15, 0.2) is 30.5 Å². The highest BCUT2D eigenvalue weighted by atomic mass is 127. The number of halogens is 2. The van der Waals surface area contributed by atoms with Crippen molar-refractivity contribution >= 4 is 33.5 Å². The molecule has 0 radical (unpaired) electrons. The molecule has 0 unspecified atom stereocenters. The van der Waals surface area contributed by atoms with Gasteiger partial charge in [-0.1, -0.05) is 6.07 Å². The Morgan fingerprint density at radius 2 is 2.21 bits per heavy atom. The summed E-state index contributed by atoms with van der Waals surface area (Å²) in [5.74, 6) is 0.107. The Balaban J connectivity index is 2.27. The van der Waals surface area contributed by atoms with Gasteiger partial charge in [0.2, 0.25) is 0 Å². The van der Waals surface area contributed by atoms with Gasteiger partial charge in [-0.25, -0.2) is 4.39 Å². The van der Waals surface area contributed by atoms with E-state index in [0.29, 0.717) is 17.0 Å². The monoisotopic (exact) mass is 369 g/mol. The molecule has 2 aromatic heterocycles. The normalized spacial score (nSPS) is 10.9. The third-order valence-corrected chi connectivity index (χ3v) is 3.67. The standard InChI is InChI=1S/C13H9FIN3O/c1-19-11-4-2-3-8(14)12(11)9-5-7-10(6-16-9)17-18-13(7)15/h2-6H,1H3,(H,17,18). The van der Waals surface area contributed by atoms with Gasteiger partial charge in [-0.05, 0) is 40.8 Å². The van der Waals surface area contributed by atoms with Crippen LogP contribution < -0.4 is 4.74 Å². The number of aromatic amines is 1. The lowest BCUT2D eigenvalue weighted by Crippen LogP contribution is -1.93. The van der Waals surface area contributed by atoms with Crippen molar-refractivity contribution in [3.05, 3.63) is 40.0 Å². The number of nitrogens with one attached hydrogen (secondary N) is 1. The molecule has 4 nitrogen and oxygen atoms in total. The highest BCUT2D eigenvalue weighted by Gasteiger charge is 2.14. The number of ether oxygens (including phenoxy) is 1. The molecule has 19 heavy (non-hydrogen) atoms. The van der Waals surface area contributed by atoms with Gasteiger partial charge >= 0.3 is 0 Å². The van der Waals surface area contributed by atoms with Crippen molar-refractivity contribution in [2.75, 3.05) is 7.11 Å². The molecule has 1 aromatic carbocycles. The molecular weight excluding hydrogens is 360 g/mol. The summed E-state index contributed by atoms with van der Waals surface area (Å²) in [5, 5.41) is 7.87. The Bertz CT molecular complexity index is 757. The van der Waals surface area contributed by atoms with Crippen molar-refractivity contribution in [3.8, 4) is 17.0 Å². The van der Waals surface area contributed by atoms with Gasteiger partial charge in [0.15, 0.2) is 0 Å². The van der Waals surface area contributed by atoms with Crippen LogP contribution in [0.3, 0.4) is 0 Å². The molecular formula is C13H9FIN3O. The molecule has 3 aromatic rings. The predicted octanol–water partition coefficient (Wildman–Crippen LogP) is 3.38. The number of hydrogen-bond donors (Lipinski definition) is 1. The summed E-state index contributed by atoms with van der Waals surface area (Å²) in [7, 11) is 1.51. The molecule has 0 aliphatic heterocycles. The number of hydrogen-bond acceptors (Lipinski definition) is 3. The number of fused-ring (bicyclic) bond motifs is 1. The van der Waals surface area contributed by atoms with E-state index in [4.69, 9.17) is 4.74 Å². The Hall–Kier alpha value is -1.70. The summed E-state index contributed by atoms with van der Waals surface area (Å²) in [4.78, 5) is 4.27. The van der Waals surface area contributed by atoms with Crippen LogP contribution in [0.2, 0.25) is 0 Å². The molecule has 0 spiro atoms. The zero-order valence-corrected chi connectivity index (χ0v) is 12.1. The maximum Gasteiger partial charge on any atom is 0.136 e. The zero-order valence-electron chi connectivity index (χ0n) is 9.95. The number of pyridine rings is 1. The van der Waals surface area contributed by atoms with Crippen LogP contribution in [0.4, 0.5) is 4.39 Å². The number of methoxy groups -OCH3 is 1. The Labute approximate surface area is 122 Å². The average Bonchev–Trinajstić information content (AvgIpc) is 2.79. The molecule has 0 aliphatic rings. The molecule has 0 amide bonds. The van der Waals surface area contributed by atoms with Gasteiger partial charge in [-0.2, -0.15) is 5.10 Å². The Morgan fingerprint density at radius 3 is 3.00 bits per heavy atom. The number of benzene rings is 1. The van der Waals surface area contributed by atoms with Gasteiger partial charge in [-0.15, -0.1) is 0 Å². The number of rotatable bonds is 2. The molecule has 0 atom stereocenters. The fraction of sp³-hybridized carbons (Fsp3) is 0.0769. The first-order chi connectivity index (χ1) is 9.20. The minimum atomic E-state index is -0.357. The highest BCUT2D eigenvalue weighted by Crippen LogP contribution is 2.32. The van der Waals surface area contributed by atoms with Gasteiger partial charge in [-0.3, -0.25) is 10.1 Å². The van der Waals surface area contributed by atoms with Crippen molar-refractivity contribution in [2.45, 2.75) is 0 Å². The molecule has 3 rings (SSSR count). The van der Waals surface area contributed by atoms with Crippen LogP contribution in [0.1, 0.15) is 0 Å². The van der Waals surface area contributed by atoms with E-state index in [0.717, 1.165) is 14.6 Å². The lowest BCUT2D eigenvalue weighted by Gasteiger charge is -2.08. The fourth-order valence-corrected chi connectivity index (χ4v) is 2.51. The van der Waals surface area contributed by atoms with Crippen molar-refractivity contribution < 1.29 is 9.13 Å². The largest absolute Gasteiger partial charge is 0.496 e. The minimum Gasteiger partial charge on any atom is -0.496 e.